The maximum Gasteiger partial charge on any atom is 0.275 e. The molecule has 8 heteroatoms. The summed E-state index contributed by atoms with van der Waals surface area (Å²) in [6.07, 6.45) is 2.76. The monoisotopic (exact) mass is 390 g/mol. The predicted molar refractivity (Wildman–Crippen MR) is 101 cm³/mol. The highest BCUT2D eigenvalue weighted by Crippen LogP contribution is 2.22. The van der Waals surface area contributed by atoms with Gasteiger partial charge in [-0.2, -0.15) is 0 Å². The van der Waals surface area contributed by atoms with Gasteiger partial charge in [0.25, 0.3) is 5.91 Å². The Kier molecular flexibility index (Phi) is 5.35. The summed E-state index contributed by atoms with van der Waals surface area (Å²) in [5, 5.41) is 6.19. The van der Waals surface area contributed by atoms with Crippen LogP contribution in [0.3, 0.4) is 0 Å². The number of carbonyl (C=O) groups is 1. The average molecular weight is 391 g/mol. The van der Waals surface area contributed by atoms with Crippen LogP contribution in [-0.2, 0) is 0 Å². The van der Waals surface area contributed by atoms with E-state index in [1.165, 1.54) is 30.6 Å². The van der Waals surface area contributed by atoms with Gasteiger partial charge in [-0.3, -0.25) is 4.79 Å². The standard InChI is InChI=1S/C18H13Cl2FN4O/c1-10-2-3-11(6-13(10)19)24-17-9-22-16(8-23-17)18(26)25-12-4-5-15(21)14(20)7-12/h2-9H,1H3,(H,23,24)(H,25,26). The molecule has 2 aromatic carbocycles. The second kappa shape index (κ2) is 7.68. The van der Waals surface area contributed by atoms with Gasteiger partial charge in [0.05, 0.1) is 17.4 Å². The number of aryl methyl sites for hydroxylation is 1. The van der Waals surface area contributed by atoms with Crippen molar-refractivity contribution in [2.24, 2.45) is 0 Å². The second-order valence-corrected chi connectivity index (χ2v) is 6.27. The molecule has 0 aliphatic rings. The molecule has 1 amide bonds. The topological polar surface area (TPSA) is 66.9 Å². The third kappa shape index (κ3) is 4.28. The zero-order valence-electron chi connectivity index (χ0n) is 13.6. The minimum absolute atomic E-state index is 0.0785. The van der Waals surface area contributed by atoms with Crippen molar-refractivity contribution < 1.29 is 9.18 Å². The van der Waals surface area contributed by atoms with E-state index in [2.05, 4.69) is 20.6 Å². The zero-order valence-corrected chi connectivity index (χ0v) is 15.1. The van der Waals surface area contributed by atoms with E-state index in [0.717, 1.165) is 11.3 Å². The van der Waals surface area contributed by atoms with Gasteiger partial charge in [0.1, 0.15) is 17.3 Å². The van der Waals surface area contributed by atoms with Gasteiger partial charge in [0.15, 0.2) is 0 Å². The Balaban J connectivity index is 1.69. The molecule has 0 atom stereocenters. The highest BCUT2D eigenvalue weighted by Gasteiger charge is 2.10. The molecule has 0 spiro atoms. The normalized spacial score (nSPS) is 10.5. The van der Waals surface area contributed by atoms with E-state index in [1.54, 1.807) is 6.07 Å². The van der Waals surface area contributed by atoms with Crippen LogP contribution in [-0.4, -0.2) is 15.9 Å². The van der Waals surface area contributed by atoms with Gasteiger partial charge in [0.2, 0.25) is 0 Å². The lowest BCUT2D eigenvalue weighted by molar-refractivity contribution is 0.102. The summed E-state index contributed by atoms with van der Waals surface area (Å²) in [5.74, 6) is -0.576. The first-order valence-electron chi connectivity index (χ1n) is 7.54. The van der Waals surface area contributed by atoms with Crippen molar-refractivity contribution in [3.05, 3.63) is 75.9 Å². The molecular formula is C18H13Cl2FN4O. The number of nitrogens with one attached hydrogen (secondary N) is 2. The molecule has 0 radical (unpaired) electrons. The molecule has 0 aliphatic heterocycles. The SMILES string of the molecule is Cc1ccc(Nc2cnc(C(=O)Nc3ccc(F)c(Cl)c3)cn2)cc1Cl. The van der Waals surface area contributed by atoms with Crippen LogP contribution in [0.25, 0.3) is 0 Å². The Labute approximate surface area is 159 Å². The molecule has 5 nitrogen and oxygen atoms in total. The minimum atomic E-state index is -0.559. The number of carbonyl (C=O) groups excluding carboxylic acids is 1. The Morgan fingerprint density at radius 2 is 1.73 bits per heavy atom. The lowest BCUT2D eigenvalue weighted by Gasteiger charge is -2.08. The zero-order chi connectivity index (χ0) is 18.7. The molecule has 2 N–H and O–H groups in total. The molecule has 26 heavy (non-hydrogen) atoms. The van der Waals surface area contributed by atoms with E-state index < -0.39 is 11.7 Å². The van der Waals surface area contributed by atoms with Gasteiger partial charge in [-0.1, -0.05) is 29.3 Å². The van der Waals surface area contributed by atoms with Gasteiger partial charge in [-0.25, -0.2) is 14.4 Å². The third-order valence-corrected chi connectivity index (χ3v) is 4.20. The molecule has 0 aliphatic carbocycles. The minimum Gasteiger partial charge on any atom is -0.339 e. The highest BCUT2D eigenvalue weighted by molar-refractivity contribution is 6.31. The van der Waals surface area contributed by atoms with E-state index in [4.69, 9.17) is 23.2 Å². The molecule has 0 unspecified atom stereocenters. The molecule has 3 aromatic rings. The largest absolute Gasteiger partial charge is 0.339 e. The Morgan fingerprint density at radius 1 is 1.00 bits per heavy atom. The van der Waals surface area contributed by atoms with E-state index in [-0.39, 0.29) is 10.7 Å². The molecule has 1 heterocycles. The van der Waals surface area contributed by atoms with Crippen molar-refractivity contribution in [3.8, 4) is 0 Å². The summed E-state index contributed by atoms with van der Waals surface area (Å²) < 4.78 is 13.1. The summed E-state index contributed by atoms with van der Waals surface area (Å²) in [5.41, 5.74) is 2.20. The molecule has 132 valence electrons. The summed E-state index contributed by atoms with van der Waals surface area (Å²) in [6, 6.07) is 9.42. The lowest BCUT2D eigenvalue weighted by atomic mass is 10.2. The third-order valence-electron chi connectivity index (χ3n) is 3.51. The number of aromatic nitrogens is 2. The predicted octanol–water partition coefficient (Wildman–Crippen LogP) is 5.23. The van der Waals surface area contributed by atoms with Crippen LogP contribution in [0.4, 0.5) is 21.6 Å². The molecule has 0 saturated heterocycles. The number of rotatable bonds is 4. The Hall–Kier alpha value is -2.70. The fraction of sp³-hybridized carbons (Fsp3) is 0.0556. The molecule has 0 saturated carbocycles. The summed E-state index contributed by atoms with van der Waals surface area (Å²) in [4.78, 5) is 20.4. The van der Waals surface area contributed by atoms with Crippen LogP contribution < -0.4 is 10.6 Å². The fourth-order valence-electron chi connectivity index (χ4n) is 2.10. The first-order valence-corrected chi connectivity index (χ1v) is 8.29. The first-order chi connectivity index (χ1) is 12.4. The van der Waals surface area contributed by atoms with Crippen LogP contribution in [0.2, 0.25) is 10.0 Å². The first kappa shape index (κ1) is 18.1. The number of hydrogen-bond donors (Lipinski definition) is 2. The van der Waals surface area contributed by atoms with E-state index in [9.17, 15) is 9.18 Å². The van der Waals surface area contributed by atoms with E-state index >= 15 is 0 Å². The van der Waals surface area contributed by atoms with Crippen LogP contribution >= 0.6 is 23.2 Å². The summed E-state index contributed by atoms with van der Waals surface area (Å²) in [7, 11) is 0. The highest BCUT2D eigenvalue weighted by atomic mass is 35.5. The number of hydrogen-bond acceptors (Lipinski definition) is 4. The second-order valence-electron chi connectivity index (χ2n) is 5.46. The van der Waals surface area contributed by atoms with Crippen molar-refractivity contribution in [1.29, 1.82) is 0 Å². The van der Waals surface area contributed by atoms with Crippen LogP contribution in [0, 0.1) is 12.7 Å². The summed E-state index contributed by atoms with van der Waals surface area (Å²) in [6.45, 7) is 1.91. The van der Waals surface area contributed by atoms with Crippen molar-refractivity contribution in [3.63, 3.8) is 0 Å². The van der Waals surface area contributed by atoms with E-state index in [1.807, 2.05) is 19.1 Å². The summed E-state index contributed by atoms with van der Waals surface area (Å²) >= 11 is 11.8. The lowest BCUT2D eigenvalue weighted by Crippen LogP contribution is -2.14. The van der Waals surface area contributed by atoms with Crippen molar-refractivity contribution in [2.75, 3.05) is 10.6 Å². The van der Waals surface area contributed by atoms with Gasteiger partial charge in [0, 0.05) is 16.4 Å². The maximum atomic E-state index is 13.1. The Morgan fingerprint density at radius 3 is 2.38 bits per heavy atom. The molecule has 3 rings (SSSR count). The molecular weight excluding hydrogens is 378 g/mol. The van der Waals surface area contributed by atoms with Crippen LogP contribution in [0.1, 0.15) is 16.1 Å². The number of amides is 1. The van der Waals surface area contributed by atoms with Crippen molar-refractivity contribution in [1.82, 2.24) is 9.97 Å². The van der Waals surface area contributed by atoms with Gasteiger partial charge >= 0.3 is 0 Å². The molecule has 1 aromatic heterocycles. The fourth-order valence-corrected chi connectivity index (χ4v) is 2.46. The number of nitrogens with zero attached hydrogens (tertiary/aromatic N) is 2. The van der Waals surface area contributed by atoms with Crippen LogP contribution in [0.15, 0.2) is 48.8 Å². The molecule has 0 bridgehead atoms. The van der Waals surface area contributed by atoms with Crippen molar-refractivity contribution >= 4 is 46.3 Å². The number of benzene rings is 2. The number of anilines is 3. The van der Waals surface area contributed by atoms with Crippen molar-refractivity contribution in [2.45, 2.75) is 6.92 Å². The number of halogens is 3. The maximum absolute atomic E-state index is 13.1. The quantitative estimate of drug-likeness (QED) is 0.640. The molecule has 0 fully saturated rings. The van der Waals surface area contributed by atoms with Gasteiger partial charge < -0.3 is 10.6 Å². The van der Waals surface area contributed by atoms with Gasteiger partial charge in [-0.15, -0.1) is 0 Å². The Bertz CT molecular complexity index is 964. The van der Waals surface area contributed by atoms with E-state index in [0.29, 0.717) is 16.5 Å². The van der Waals surface area contributed by atoms with Gasteiger partial charge in [-0.05, 0) is 42.8 Å². The van der Waals surface area contributed by atoms with Crippen LogP contribution in [0.5, 0.6) is 0 Å². The smallest absolute Gasteiger partial charge is 0.275 e. The average Bonchev–Trinajstić information content (AvgIpc) is 2.62.